The van der Waals surface area contributed by atoms with E-state index in [1.54, 1.807) is 0 Å². The molecule has 0 fully saturated rings. The van der Waals surface area contributed by atoms with Crippen LogP contribution in [0.5, 0.6) is 0 Å². The molecular formula is C8H14BrN3. The molecule has 0 radical (unpaired) electrons. The van der Waals surface area contributed by atoms with Gasteiger partial charge in [0, 0.05) is 18.8 Å². The number of hydrogen-bond acceptors (Lipinski definition) is 2. The van der Waals surface area contributed by atoms with Gasteiger partial charge in [0.15, 0.2) is 0 Å². The number of nitrogens with two attached hydrogens (primary N) is 1. The Morgan fingerprint density at radius 3 is 2.83 bits per heavy atom. The molecule has 0 unspecified atom stereocenters. The summed E-state index contributed by atoms with van der Waals surface area (Å²) >= 11 is 3.33. The van der Waals surface area contributed by atoms with Crippen LogP contribution in [0.15, 0.2) is 10.7 Å². The summed E-state index contributed by atoms with van der Waals surface area (Å²) < 4.78 is 2.77. The summed E-state index contributed by atoms with van der Waals surface area (Å²) in [6.07, 6.45) is 2.00. The summed E-state index contributed by atoms with van der Waals surface area (Å²) in [4.78, 5) is 0. The van der Waals surface area contributed by atoms with Gasteiger partial charge in [0.1, 0.15) is 4.60 Å². The second kappa shape index (κ2) is 4.05. The van der Waals surface area contributed by atoms with E-state index in [-0.39, 0.29) is 6.04 Å². The second-order valence-corrected chi connectivity index (χ2v) is 3.91. The van der Waals surface area contributed by atoms with Crippen molar-refractivity contribution in [2.75, 3.05) is 0 Å². The van der Waals surface area contributed by atoms with Gasteiger partial charge in [-0.15, -0.1) is 0 Å². The molecule has 0 aromatic carbocycles. The Morgan fingerprint density at radius 2 is 2.42 bits per heavy atom. The van der Waals surface area contributed by atoms with Crippen LogP contribution in [0.4, 0.5) is 0 Å². The largest absolute Gasteiger partial charge is 0.328 e. The molecule has 0 aliphatic rings. The molecule has 2 N–H and O–H groups in total. The predicted molar refractivity (Wildman–Crippen MR) is 52.9 cm³/mol. The molecule has 1 rings (SSSR count). The van der Waals surface area contributed by atoms with E-state index in [1.165, 1.54) is 5.69 Å². The van der Waals surface area contributed by atoms with Crippen molar-refractivity contribution in [3.8, 4) is 0 Å². The first-order chi connectivity index (χ1) is 5.59. The monoisotopic (exact) mass is 231 g/mol. The molecular weight excluding hydrogens is 218 g/mol. The molecule has 0 saturated heterocycles. The Morgan fingerprint density at radius 1 is 1.75 bits per heavy atom. The van der Waals surface area contributed by atoms with Gasteiger partial charge in [-0.1, -0.05) is 0 Å². The minimum absolute atomic E-state index is 0.263. The minimum Gasteiger partial charge on any atom is -0.328 e. The van der Waals surface area contributed by atoms with E-state index in [9.17, 15) is 0 Å². The summed E-state index contributed by atoms with van der Waals surface area (Å²) in [5, 5.41) is 4.18. The highest BCUT2D eigenvalue weighted by Gasteiger charge is 2.03. The molecule has 3 nitrogen and oxygen atoms in total. The average Bonchev–Trinajstić information content (AvgIpc) is 2.26. The van der Waals surface area contributed by atoms with Gasteiger partial charge in [0.2, 0.25) is 0 Å². The third-order valence-electron chi connectivity index (χ3n) is 1.80. The molecule has 0 aliphatic carbocycles. The average molecular weight is 232 g/mol. The molecule has 68 valence electrons. The lowest BCUT2D eigenvalue weighted by molar-refractivity contribution is 0.623. The van der Waals surface area contributed by atoms with Crippen LogP contribution in [-0.4, -0.2) is 15.8 Å². The number of halogens is 1. The zero-order valence-corrected chi connectivity index (χ0v) is 9.00. The van der Waals surface area contributed by atoms with Gasteiger partial charge in [0.25, 0.3) is 0 Å². The lowest BCUT2D eigenvalue weighted by Crippen LogP contribution is -2.16. The van der Waals surface area contributed by atoms with Gasteiger partial charge in [-0.2, -0.15) is 5.10 Å². The fourth-order valence-electron chi connectivity index (χ4n) is 1.08. The maximum atomic E-state index is 5.66. The van der Waals surface area contributed by atoms with Gasteiger partial charge in [0.05, 0.1) is 0 Å². The number of aryl methyl sites for hydroxylation is 2. The quantitative estimate of drug-likeness (QED) is 0.857. The highest BCUT2D eigenvalue weighted by Crippen LogP contribution is 2.11. The second-order valence-electron chi connectivity index (χ2n) is 3.10. The van der Waals surface area contributed by atoms with E-state index in [2.05, 4.69) is 21.0 Å². The van der Waals surface area contributed by atoms with Gasteiger partial charge in [-0.05, 0) is 41.8 Å². The van der Waals surface area contributed by atoms with Crippen molar-refractivity contribution in [2.45, 2.75) is 25.8 Å². The Kier molecular flexibility index (Phi) is 3.29. The van der Waals surface area contributed by atoms with Gasteiger partial charge >= 0.3 is 0 Å². The first kappa shape index (κ1) is 9.74. The normalized spacial score (nSPS) is 13.3. The van der Waals surface area contributed by atoms with E-state index in [0.717, 1.165) is 17.4 Å². The third kappa shape index (κ3) is 2.60. The molecule has 1 aromatic rings. The SMILES string of the molecule is C[C@H](N)CCc1cc(Br)nn1C. The van der Waals surface area contributed by atoms with Crippen molar-refractivity contribution in [3.63, 3.8) is 0 Å². The van der Waals surface area contributed by atoms with Gasteiger partial charge in [-0.3, -0.25) is 4.68 Å². The van der Waals surface area contributed by atoms with E-state index >= 15 is 0 Å². The number of hydrogen-bond donors (Lipinski definition) is 1. The summed E-state index contributed by atoms with van der Waals surface area (Å²) in [5.41, 5.74) is 6.88. The van der Waals surface area contributed by atoms with Crippen molar-refractivity contribution in [3.05, 3.63) is 16.4 Å². The maximum Gasteiger partial charge on any atom is 0.128 e. The molecule has 0 aliphatic heterocycles. The van der Waals surface area contributed by atoms with E-state index in [1.807, 2.05) is 24.7 Å². The molecule has 1 aromatic heterocycles. The smallest absolute Gasteiger partial charge is 0.128 e. The highest BCUT2D eigenvalue weighted by atomic mass is 79.9. The van der Waals surface area contributed by atoms with Crippen molar-refractivity contribution in [1.82, 2.24) is 9.78 Å². The molecule has 1 heterocycles. The summed E-state index contributed by atoms with van der Waals surface area (Å²) in [7, 11) is 1.95. The van der Waals surface area contributed by atoms with Crippen LogP contribution in [0.1, 0.15) is 19.0 Å². The Hall–Kier alpha value is -0.350. The Balaban J connectivity index is 2.57. The Bertz CT molecular complexity index is 255. The van der Waals surface area contributed by atoms with Crippen molar-refractivity contribution in [2.24, 2.45) is 12.8 Å². The zero-order valence-electron chi connectivity index (χ0n) is 7.42. The molecule has 0 spiro atoms. The summed E-state index contributed by atoms with van der Waals surface area (Å²) in [6.45, 7) is 2.02. The molecule has 1 atom stereocenters. The topological polar surface area (TPSA) is 43.8 Å². The van der Waals surface area contributed by atoms with Crippen LogP contribution in [0, 0.1) is 0 Å². The lowest BCUT2D eigenvalue weighted by atomic mass is 10.1. The summed E-state index contributed by atoms with van der Waals surface area (Å²) in [6, 6.07) is 2.29. The number of aromatic nitrogens is 2. The van der Waals surface area contributed by atoms with Crippen molar-refractivity contribution < 1.29 is 0 Å². The first-order valence-corrected chi connectivity index (χ1v) is 4.83. The predicted octanol–water partition coefficient (Wildman–Crippen LogP) is 1.46. The zero-order chi connectivity index (χ0) is 9.14. The van der Waals surface area contributed by atoms with Crippen LogP contribution in [0.2, 0.25) is 0 Å². The van der Waals surface area contributed by atoms with Gasteiger partial charge < -0.3 is 5.73 Å². The summed E-state index contributed by atoms with van der Waals surface area (Å²) in [5.74, 6) is 0. The fraction of sp³-hybridized carbons (Fsp3) is 0.625. The number of nitrogens with zero attached hydrogens (tertiary/aromatic N) is 2. The van der Waals surface area contributed by atoms with Crippen LogP contribution >= 0.6 is 15.9 Å². The lowest BCUT2D eigenvalue weighted by Gasteiger charge is -2.04. The highest BCUT2D eigenvalue weighted by molar-refractivity contribution is 9.10. The number of rotatable bonds is 3. The van der Waals surface area contributed by atoms with E-state index in [4.69, 9.17) is 5.73 Å². The van der Waals surface area contributed by atoms with E-state index in [0.29, 0.717) is 0 Å². The van der Waals surface area contributed by atoms with Crippen LogP contribution in [0.3, 0.4) is 0 Å². The molecule has 0 bridgehead atoms. The first-order valence-electron chi connectivity index (χ1n) is 4.03. The van der Waals surface area contributed by atoms with Crippen molar-refractivity contribution >= 4 is 15.9 Å². The molecule has 0 saturated carbocycles. The standard InChI is InChI=1S/C8H14BrN3/c1-6(10)3-4-7-5-8(9)11-12(7)2/h5-6H,3-4,10H2,1-2H3/t6-/m0/s1. The minimum atomic E-state index is 0.263. The van der Waals surface area contributed by atoms with E-state index < -0.39 is 0 Å². The van der Waals surface area contributed by atoms with Crippen molar-refractivity contribution in [1.29, 1.82) is 0 Å². The Labute approximate surface area is 81.1 Å². The maximum absolute atomic E-state index is 5.66. The third-order valence-corrected chi connectivity index (χ3v) is 2.19. The van der Waals surface area contributed by atoms with Crippen LogP contribution < -0.4 is 5.73 Å². The van der Waals surface area contributed by atoms with Crippen LogP contribution in [0.25, 0.3) is 0 Å². The van der Waals surface area contributed by atoms with Gasteiger partial charge in [-0.25, -0.2) is 0 Å². The molecule has 0 amide bonds. The molecule has 12 heavy (non-hydrogen) atoms. The molecule has 4 heteroatoms. The van der Waals surface area contributed by atoms with Crippen LogP contribution in [-0.2, 0) is 13.5 Å². The fourth-order valence-corrected chi connectivity index (χ4v) is 1.58.